The van der Waals surface area contributed by atoms with E-state index in [1.807, 2.05) is 0 Å². The molecule has 1 aromatic carbocycles. The third kappa shape index (κ3) is 2.77. The quantitative estimate of drug-likeness (QED) is 0.757. The van der Waals surface area contributed by atoms with Gasteiger partial charge in [-0.1, -0.05) is 0 Å². The van der Waals surface area contributed by atoms with Crippen LogP contribution in [0.2, 0.25) is 0 Å². The molecular weight excluding hydrogens is 270 g/mol. The van der Waals surface area contributed by atoms with Gasteiger partial charge in [-0.15, -0.1) is 0 Å². The molecule has 108 valence electrons. The lowest BCUT2D eigenvalue weighted by atomic mass is 10.3. The Morgan fingerprint density at radius 3 is 3.14 bits per heavy atom. The zero-order chi connectivity index (χ0) is 14.8. The molecule has 0 unspecified atom stereocenters. The van der Waals surface area contributed by atoms with Crippen molar-refractivity contribution in [2.24, 2.45) is 5.73 Å². The second-order valence-electron chi connectivity index (χ2n) is 4.65. The Bertz CT molecular complexity index is 790. The lowest BCUT2D eigenvalue weighted by Crippen LogP contribution is -2.12. The average Bonchev–Trinajstić information content (AvgIpc) is 3.04. The van der Waals surface area contributed by atoms with Crippen LogP contribution in [-0.4, -0.2) is 27.0 Å². The van der Waals surface area contributed by atoms with Crippen molar-refractivity contribution in [1.29, 1.82) is 0 Å². The van der Waals surface area contributed by atoms with Crippen LogP contribution in [0.4, 0.5) is 5.69 Å². The van der Waals surface area contributed by atoms with Crippen LogP contribution >= 0.6 is 0 Å². The van der Waals surface area contributed by atoms with Crippen LogP contribution in [0.5, 0.6) is 0 Å². The van der Waals surface area contributed by atoms with Crippen LogP contribution in [0.15, 0.2) is 35.1 Å². The second-order valence-corrected chi connectivity index (χ2v) is 4.65. The predicted octanol–water partition coefficient (Wildman–Crippen LogP) is 1.54. The van der Waals surface area contributed by atoms with Crippen molar-refractivity contribution in [3.63, 3.8) is 0 Å². The second kappa shape index (κ2) is 5.37. The van der Waals surface area contributed by atoms with Crippen LogP contribution in [0.3, 0.4) is 0 Å². The van der Waals surface area contributed by atoms with Gasteiger partial charge in [0.2, 0.25) is 0 Å². The summed E-state index contributed by atoms with van der Waals surface area (Å²) in [5, 5.41) is 2.79. The van der Waals surface area contributed by atoms with E-state index in [1.54, 1.807) is 42.2 Å². The van der Waals surface area contributed by atoms with Gasteiger partial charge in [-0.25, -0.2) is 9.97 Å². The third-order valence-corrected chi connectivity index (χ3v) is 3.01. The summed E-state index contributed by atoms with van der Waals surface area (Å²) < 4.78 is 7.17. The number of rotatable bonds is 4. The van der Waals surface area contributed by atoms with E-state index in [2.05, 4.69) is 15.3 Å². The molecule has 21 heavy (non-hydrogen) atoms. The number of imidazole rings is 1. The van der Waals surface area contributed by atoms with Gasteiger partial charge >= 0.3 is 0 Å². The maximum atomic E-state index is 12.1. The van der Waals surface area contributed by atoms with Crippen LogP contribution < -0.4 is 11.1 Å². The number of hydrogen-bond acceptors (Lipinski definition) is 5. The summed E-state index contributed by atoms with van der Waals surface area (Å²) in [6.07, 6.45) is 3.26. The van der Waals surface area contributed by atoms with Crippen LogP contribution in [0.25, 0.3) is 11.1 Å². The fourth-order valence-corrected chi connectivity index (χ4v) is 2.06. The largest absolute Gasteiger partial charge is 0.441 e. The van der Waals surface area contributed by atoms with Gasteiger partial charge in [0.15, 0.2) is 11.5 Å². The van der Waals surface area contributed by atoms with E-state index in [-0.39, 0.29) is 5.91 Å². The number of nitrogens with zero attached hydrogens (tertiary/aromatic N) is 3. The molecular formula is C14H15N5O2. The maximum absolute atomic E-state index is 12.1. The molecule has 0 aliphatic rings. The molecule has 0 atom stereocenters. The summed E-state index contributed by atoms with van der Waals surface area (Å²) >= 11 is 0. The van der Waals surface area contributed by atoms with Crippen LogP contribution in [0.1, 0.15) is 16.4 Å². The Hall–Kier alpha value is -2.67. The van der Waals surface area contributed by atoms with Gasteiger partial charge in [-0.3, -0.25) is 4.79 Å². The maximum Gasteiger partial charge on any atom is 0.275 e. The molecule has 2 aromatic heterocycles. The third-order valence-electron chi connectivity index (χ3n) is 3.01. The molecule has 0 radical (unpaired) electrons. The SMILES string of the molecule is Cc1nc2cc(NC(=O)c3cn(CCN)cn3)ccc2o1. The fraction of sp³-hybridized carbons (Fsp3) is 0.214. The highest BCUT2D eigenvalue weighted by Crippen LogP contribution is 2.20. The average molecular weight is 285 g/mol. The molecule has 0 aliphatic heterocycles. The molecule has 0 saturated carbocycles. The van der Waals surface area contributed by atoms with E-state index < -0.39 is 0 Å². The summed E-state index contributed by atoms with van der Waals surface area (Å²) in [4.78, 5) is 20.4. The molecule has 0 spiro atoms. The molecule has 3 N–H and O–H groups in total. The Morgan fingerprint density at radius 1 is 1.48 bits per heavy atom. The van der Waals surface area contributed by atoms with E-state index in [9.17, 15) is 4.79 Å². The number of aromatic nitrogens is 3. The van der Waals surface area contributed by atoms with Crippen molar-refractivity contribution in [3.05, 3.63) is 42.3 Å². The van der Waals surface area contributed by atoms with E-state index in [4.69, 9.17) is 10.2 Å². The highest BCUT2D eigenvalue weighted by atomic mass is 16.3. The number of amides is 1. The monoisotopic (exact) mass is 285 g/mol. The number of hydrogen-bond donors (Lipinski definition) is 2. The predicted molar refractivity (Wildman–Crippen MR) is 78.0 cm³/mol. The molecule has 0 aliphatic carbocycles. The zero-order valence-corrected chi connectivity index (χ0v) is 11.5. The highest BCUT2D eigenvalue weighted by molar-refractivity contribution is 6.03. The Kier molecular flexibility index (Phi) is 3.41. The standard InChI is InChI=1S/C14H15N5O2/c1-9-17-11-6-10(2-3-13(11)21-9)18-14(20)12-7-19(5-4-15)8-16-12/h2-3,6-8H,4-5,15H2,1H3,(H,18,20). The minimum atomic E-state index is -0.273. The topological polar surface area (TPSA) is 99.0 Å². The van der Waals surface area contributed by atoms with E-state index >= 15 is 0 Å². The van der Waals surface area contributed by atoms with E-state index in [1.165, 1.54) is 0 Å². The van der Waals surface area contributed by atoms with Crippen molar-refractivity contribution in [2.45, 2.75) is 13.5 Å². The first-order chi connectivity index (χ1) is 10.2. The van der Waals surface area contributed by atoms with Gasteiger partial charge in [-0.05, 0) is 18.2 Å². The number of carbonyl (C=O) groups excluding carboxylic acids is 1. The molecule has 2 heterocycles. The molecule has 3 aromatic rings. The van der Waals surface area contributed by atoms with Crippen molar-refractivity contribution in [3.8, 4) is 0 Å². The molecule has 0 fully saturated rings. The van der Waals surface area contributed by atoms with Gasteiger partial charge in [0.25, 0.3) is 5.91 Å². The number of carbonyl (C=O) groups is 1. The van der Waals surface area contributed by atoms with E-state index in [0.29, 0.717) is 41.5 Å². The lowest BCUT2D eigenvalue weighted by molar-refractivity contribution is 0.102. The van der Waals surface area contributed by atoms with Gasteiger partial charge in [0, 0.05) is 31.9 Å². The number of oxazole rings is 1. The van der Waals surface area contributed by atoms with Gasteiger partial charge in [0.05, 0.1) is 6.33 Å². The van der Waals surface area contributed by atoms with Crippen molar-refractivity contribution < 1.29 is 9.21 Å². The smallest absolute Gasteiger partial charge is 0.275 e. The summed E-state index contributed by atoms with van der Waals surface area (Å²) in [6, 6.07) is 5.31. The first-order valence-electron chi connectivity index (χ1n) is 6.56. The molecule has 0 saturated heterocycles. The first kappa shape index (κ1) is 13.3. The Balaban J connectivity index is 1.78. The van der Waals surface area contributed by atoms with Crippen molar-refractivity contribution in [1.82, 2.24) is 14.5 Å². The number of nitrogens with one attached hydrogen (secondary N) is 1. The summed E-state index contributed by atoms with van der Waals surface area (Å²) in [7, 11) is 0. The lowest BCUT2D eigenvalue weighted by Gasteiger charge is -2.02. The van der Waals surface area contributed by atoms with Crippen LogP contribution in [0, 0.1) is 6.92 Å². The minimum absolute atomic E-state index is 0.273. The van der Waals surface area contributed by atoms with E-state index in [0.717, 1.165) is 0 Å². The fourth-order valence-electron chi connectivity index (χ4n) is 2.06. The van der Waals surface area contributed by atoms with Gasteiger partial charge < -0.3 is 20.0 Å². The number of nitrogens with two attached hydrogens (primary N) is 1. The number of fused-ring (bicyclic) bond motifs is 1. The zero-order valence-electron chi connectivity index (χ0n) is 11.5. The number of anilines is 1. The summed E-state index contributed by atoms with van der Waals surface area (Å²) in [5.41, 5.74) is 7.85. The normalized spacial score (nSPS) is 11.0. The molecule has 7 nitrogen and oxygen atoms in total. The van der Waals surface area contributed by atoms with Crippen molar-refractivity contribution in [2.75, 3.05) is 11.9 Å². The highest BCUT2D eigenvalue weighted by Gasteiger charge is 2.11. The minimum Gasteiger partial charge on any atom is -0.441 e. The molecule has 3 rings (SSSR count). The van der Waals surface area contributed by atoms with Gasteiger partial charge in [0.1, 0.15) is 11.2 Å². The number of benzene rings is 1. The van der Waals surface area contributed by atoms with Gasteiger partial charge in [-0.2, -0.15) is 0 Å². The molecule has 0 bridgehead atoms. The summed E-state index contributed by atoms with van der Waals surface area (Å²) in [5.74, 6) is 0.319. The number of aryl methyl sites for hydroxylation is 1. The molecule has 1 amide bonds. The first-order valence-corrected chi connectivity index (χ1v) is 6.56. The summed E-state index contributed by atoms with van der Waals surface area (Å²) in [6.45, 7) is 2.91. The van der Waals surface area contributed by atoms with Crippen molar-refractivity contribution >= 4 is 22.7 Å². The van der Waals surface area contributed by atoms with Crippen LogP contribution in [-0.2, 0) is 6.54 Å². The molecule has 7 heteroatoms. The Labute approximate surface area is 120 Å². The Morgan fingerprint density at radius 2 is 2.33 bits per heavy atom.